The van der Waals surface area contributed by atoms with E-state index >= 15 is 0 Å². The topological polar surface area (TPSA) is 37.8 Å². The van der Waals surface area contributed by atoms with Crippen LogP contribution in [0, 0.1) is 5.82 Å². The van der Waals surface area contributed by atoms with Crippen molar-refractivity contribution in [3.63, 3.8) is 0 Å². The number of benzene rings is 1. The van der Waals surface area contributed by atoms with E-state index in [1.165, 1.54) is 17.7 Å². The molecule has 2 aromatic rings. The van der Waals surface area contributed by atoms with Gasteiger partial charge in [-0.05, 0) is 24.3 Å². The average Bonchev–Trinajstić information content (AvgIpc) is 2.85. The fourth-order valence-electron chi connectivity index (χ4n) is 1.85. The summed E-state index contributed by atoms with van der Waals surface area (Å²) >= 11 is 1.62. The molecule has 2 heterocycles. The van der Waals surface area contributed by atoms with Gasteiger partial charge in [0.05, 0.1) is 11.4 Å². The first-order valence-corrected chi connectivity index (χ1v) is 6.72. The van der Waals surface area contributed by atoms with Gasteiger partial charge >= 0.3 is 0 Å². The van der Waals surface area contributed by atoms with E-state index in [-0.39, 0.29) is 5.82 Å². The van der Waals surface area contributed by atoms with E-state index in [9.17, 15) is 4.39 Å². The zero-order valence-corrected chi connectivity index (χ0v) is 10.5. The maximum Gasteiger partial charge on any atom is 0.138 e. The first-order chi connectivity index (χ1) is 8.81. The van der Waals surface area contributed by atoms with Gasteiger partial charge in [-0.2, -0.15) is 0 Å². The number of hydrogen-bond acceptors (Lipinski definition) is 4. The molecule has 1 aromatic heterocycles. The molecule has 0 aliphatic carbocycles. The van der Waals surface area contributed by atoms with Gasteiger partial charge in [-0.1, -0.05) is 0 Å². The molecule has 5 heteroatoms. The summed E-state index contributed by atoms with van der Waals surface area (Å²) in [7, 11) is 0. The van der Waals surface area contributed by atoms with Gasteiger partial charge in [-0.3, -0.25) is 0 Å². The van der Waals surface area contributed by atoms with E-state index in [1.54, 1.807) is 23.9 Å². The summed E-state index contributed by atoms with van der Waals surface area (Å²) in [6.07, 6.45) is 1.89. The van der Waals surface area contributed by atoms with Gasteiger partial charge in [-0.25, -0.2) is 14.4 Å². The Labute approximate surface area is 109 Å². The minimum atomic E-state index is -0.209. The lowest BCUT2D eigenvalue weighted by atomic mass is 10.3. The number of fused-ring (bicyclic) bond motifs is 1. The maximum atomic E-state index is 12.8. The number of thioether (sulfide) groups is 1. The third-order valence-corrected chi connectivity index (χ3v) is 3.80. The van der Waals surface area contributed by atoms with Crippen LogP contribution >= 0.6 is 11.8 Å². The van der Waals surface area contributed by atoms with Crippen molar-refractivity contribution in [2.24, 2.45) is 0 Å². The number of hydrogen-bond donors (Lipinski definition) is 1. The van der Waals surface area contributed by atoms with Gasteiger partial charge < -0.3 is 5.32 Å². The van der Waals surface area contributed by atoms with Crippen molar-refractivity contribution < 1.29 is 4.39 Å². The quantitative estimate of drug-likeness (QED) is 0.862. The highest BCUT2D eigenvalue weighted by Gasteiger charge is 2.12. The first kappa shape index (κ1) is 11.6. The van der Waals surface area contributed by atoms with Crippen molar-refractivity contribution in [3.05, 3.63) is 53.4 Å². The van der Waals surface area contributed by atoms with E-state index in [2.05, 4.69) is 15.3 Å². The van der Waals surface area contributed by atoms with Crippen molar-refractivity contribution >= 4 is 11.8 Å². The summed E-state index contributed by atoms with van der Waals surface area (Å²) in [5.74, 6) is 1.32. The second-order valence-corrected chi connectivity index (χ2v) is 5.15. The molecule has 0 fully saturated rings. The van der Waals surface area contributed by atoms with Crippen molar-refractivity contribution in [2.75, 3.05) is 0 Å². The fourth-order valence-corrected chi connectivity index (χ4v) is 2.61. The Morgan fingerprint density at radius 3 is 2.89 bits per heavy atom. The normalized spacial score (nSPS) is 13.6. The van der Waals surface area contributed by atoms with Crippen LogP contribution in [0.4, 0.5) is 4.39 Å². The molecular formula is C13H12FN3S. The molecule has 1 aliphatic heterocycles. The molecule has 0 saturated carbocycles. The number of aromatic nitrogens is 2. The van der Waals surface area contributed by atoms with E-state index in [1.807, 2.05) is 6.20 Å². The van der Waals surface area contributed by atoms with E-state index in [0.29, 0.717) is 5.75 Å². The van der Waals surface area contributed by atoms with Crippen LogP contribution in [0.5, 0.6) is 0 Å². The van der Waals surface area contributed by atoms with Crippen LogP contribution in [0.25, 0.3) is 0 Å². The van der Waals surface area contributed by atoms with Gasteiger partial charge in [0.25, 0.3) is 0 Å². The van der Waals surface area contributed by atoms with Crippen molar-refractivity contribution in [2.45, 2.75) is 23.7 Å². The predicted octanol–water partition coefficient (Wildman–Crippen LogP) is 2.51. The molecule has 3 nitrogen and oxygen atoms in total. The molecule has 0 unspecified atom stereocenters. The molecule has 0 saturated heterocycles. The number of nitrogens with one attached hydrogen (secondary N) is 1. The van der Waals surface area contributed by atoms with Gasteiger partial charge in [0, 0.05) is 29.7 Å². The van der Waals surface area contributed by atoms with Crippen LogP contribution in [0.3, 0.4) is 0 Å². The minimum Gasteiger partial charge on any atom is -0.307 e. The zero-order chi connectivity index (χ0) is 12.4. The average molecular weight is 261 g/mol. The molecule has 0 radical (unpaired) electrons. The smallest absolute Gasteiger partial charge is 0.138 e. The molecule has 3 rings (SSSR count). The third kappa shape index (κ3) is 2.52. The number of rotatable bonds is 3. The molecule has 1 aromatic carbocycles. The van der Waals surface area contributed by atoms with E-state index in [4.69, 9.17) is 0 Å². The number of halogens is 1. The zero-order valence-electron chi connectivity index (χ0n) is 9.69. The molecular weight excluding hydrogens is 249 g/mol. The van der Waals surface area contributed by atoms with E-state index < -0.39 is 0 Å². The predicted molar refractivity (Wildman–Crippen MR) is 68.5 cm³/mol. The molecule has 92 valence electrons. The van der Waals surface area contributed by atoms with E-state index in [0.717, 1.165) is 29.5 Å². The first-order valence-electron chi connectivity index (χ1n) is 5.74. The second kappa shape index (κ2) is 5.04. The molecule has 0 amide bonds. The van der Waals surface area contributed by atoms with Crippen LogP contribution in [-0.2, 0) is 18.8 Å². The highest BCUT2D eigenvalue weighted by molar-refractivity contribution is 7.98. The third-order valence-electron chi connectivity index (χ3n) is 2.79. The lowest BCUT2D eigenvalue weighted by molar-refractivity contribution is 0.626. The Morgan fingerprint density at radius 2 is 2.06 bits per heavy atom. The summed E-state index contributed by atoms with van der Waals surface area (Å²) in [6.45, 7) is 1.69. The lowest BCUT2D eigenvalue weighted by Gasteiger charge is -2.03. The molecule has 1 N–H and O–H groups in total. The largest absolute Gasteiger partial charge is 0.307 e. The van der Waals surface area contributed by atoms with Gasteiger partial charge in [-0.15, -0.1) is 11.8 Å². The minimum absolute atomic E-state index is 0.209. The SMILES string of the molecule is Fc1ccc(SCc2ncc3c(n2)CNC3)cc1. The summed E-state index contributed by atoms with van der Waals surface area (Å²) < 4.78 is 12.8. The summed E-state index contributed by atoms with van der Waals surface area (Å²) in [5.41, 5.74) is 2.28. The molecule has 0 bridgehead atoms. The highest BCUT2D eigenvalue weighted by atomic mass is 32.2. The summed E-state index contributed by atoms with van der Waals surface area (Å²) in [4.78, 5) is 9.88. The van der Waals surface area contributed by atoms with Crippen LogP contribution in [-0.4, -0.2) is 9.97 Å². The van der Waals surface area contributed by atoms with Gasteiger partial charge in [0.15, 0.2) is 0 Å². The number of nitrogens with zero attached hydrogens (tertiary/aromatic N) is 2. The molecule has 1 aliphatic rings. The lowest BCUT2D eigenvalue weighted by Crippen LogP contribution is -2.01. The van der Waals surface area contributed by atoms with Crippen molar-refractivity contribution in [1.29, 1.82) is 0 Å². The highest BCUT2D eigenvalue weighted by Crippen LogP contribution is 2.22. The Morgan fingerprint density at radius 1 is 1.22 bits per heavy atom. The monoisotopic (exact) mass is 261 g/mol. The summed E-state index contributed by atoms with van der Waals surface area (Å²) in [5, 5.41) is 3.24. The summed E-state index contributed by atoms with van der Waals surface area (Å²) in [6, 6.07) is 6.48. The van der Waals surface area contributed by atoms with Crippen molar-refractivity contribution in [1.82, 2.24) is 15.3 Å². The van der Waals surface area contributed by atoms with Crippen LogP contribution in [0.15, 0.2) is 35.4 Å². The Kier molecular flexibility index (Phi) is 3.25. The Bertz CT molecular complexity index is 557. The van der Waals surface area contributed by atoms with Crippen LogP contribution < -0.4 is 5.32 Å². The molecule has 18 heavy (non-hydrogen) atoms. The van der Waals surface area contributed by atoms with Crippen LogP contribution in [0.2, 0.25) is 0 Å². The van der Waals surface area contributed by atoms with Gasteiger partial charge in [0.2, 0.25) is 0 Å². The Balaban J connectivity index is 1.68. The molecule has 0 atom stereocenters. The standard InChI is InChI=1S/C13H12FN3S/c14-10-1-3-11(4-2-10)18-8-13-16-6-9-5-15-7-12(9)17-13/h1-4,6,15H,5,7-8H2. The Hall–Kier alpha value is -1.46. The molecule has 0 spiro atoms. The fraction of sp³-hybridized carbons (Fsp3) is 0.231. The van der Waals surface area contributed by atoms with Crippen molar-refractivity contribution in [3.8, 4) is 0 Å². The maximum absolute atomic E-state index is 12.8. The van der Waals surface area contributed by atoms with Gasteiger partial charge in [0.1, 0.15) is 11.6 Å². The second-order valence-electron chi connectivity index (χ2n) is 4.10. The van der Waals surface area contributed by atoms with Crippen LogP contribution in [0.1, 0.15) is 17.1 Å².